The zero-order valence-electron chi connectivity index (χ0n) is 16.0. The predicted molar refractivity (Wildman–Crippen MR) is 108 cm³/mol. The molecule has 15 heteroatoms. The van der Waals surface area contributed by atoms with Crippen LogP contribution in [0.25, 0.3) is 0 Å². The average Bonchev–Trinajstić information content (AvgIpc) is 2.66. The summed E-state index contributed by atoms with van der Waals surface area (Å²) in [5, 5.41) is 24.2. The van der Waals surface area contributed by atoms with Crippen molar-refractivity contribution in [2.45, 2.75) is 37.4 Å². The Morgan fingerprint density at radius 3 is 2.13 bits per heavy atom. The van der Waals surface area contributed by atoms with Crippen molar-refractivity contribution in [2.24, 2.45) is 22.2 Å². The van der Waals surface area contributed by atoms with Crippen LogP contribution in [0.3, 0.4) is 0 Å². The number of hydrogen-bond donors (Lipinski definition) is 9. The zero-order valence-corrected chi connectivity index (χ0v) is 16.9. The van der Waals surface area contributed by atoms with Gasteiger partial charge in [0.15, 0.2) is 5.96 Å². The standard InChI is InChI=1S/C15H27N7O7S/c16-7(6-30)12(26)22-8(2-1-3-19-15(17)18)13(27)20-5-10(23)21-9(14(28)29)4-11(24)25/h7-9,30H,1-6,16H2,(H,20,27)(H,21,23)(H,22,26)(H,24,25)(H,28,29)(H4,17,18,19)/t7-,8-,9-/m0/s1. The summed E-state index contributed by atoms with van der Waals surface area (Å²) in [6.07, 6.45) is -0.398. The van der Waals surface area contributed by atoms with Crippen LogP contribution in [0.4, 0.5) is 0 Å². The number of nitrogens with zero attached hydrogens (tertiary/aromatic N) is 1. The number of carboxylic acids is 2. The molecule has 0 aromatic carbocycles. The molecule has 30 heavy (non-hydrogen) atoms. The maximum atomic E-state index is 12.4. The molecular formula is C15H27N7O7S. The van der Waals surface area contributed by atoms with Crippen molar-refractivity contribution in [3.63, 3.8) is 0 Å². The normalized spacial score (nSPS) is 13.3. The molecule has 0 spiro atoms. The van der Waals surface area contributed by atoms with Gasteiger partial charge in [0.05, 0.1) is 19.0 Å². The zero-order chi connectivity index (χ0) is 23.3. The van der Waals surface area contributed by atoms with Crippen molar-refractivity contribution in [3.05, 3.63) is 0 Å². The van der Waals surface area contributed by atoms with Gasteiger partial charge in [0, 0.05) is 12.3 Å². The molecule has 0 rings (SSSR count). The number of aliphatic carboxylic acids is 2. The second-order valence-corrected chi connectivity index (χ2v) is 6.44. The third-order valence-corrected chi connectivity index (χ3v) is 3.94. The van der Waals surface area contributed by atoms with Crippen LogP contribution in [0.1, 0.15) is 19.3 Å². The van der Waals surface area contributed by atoms with Crippen molar-refractivity contribution < 1.29 is 34.2 Å². The van der Waals surface area contributed by atoms with Gasteiger partial charge in [-0.3, -0.25) is 24.2 Å². The molecule has 14 nitrogen and oxygen atoms in total. The van der Waals surface area contributed by atoms with E-state index in [0.29, 0.717) is 6.42 Å². The first kappa shape index (κ1) is 26.9. The molecule has 0 aliphatic carbocycles. The van der Waals surface area contributed by atoms with Crippen LogP contribution in [0.5, 0.6) is 0 Å². The molecule has 170 valence electrons. The molecule has 0 radical (unpaired) electrons. The van der Waals surface area contributed by atoms with E-state index in [9.17, 15) is 24.0 Å². The summed E-state index contributed by atoms with van der Waals surface area (Å²) < 4.78 is 0. The van der Waals surface area contributed by atoms with E-state index < -0.39 is 60.8 Å². The third kappa shape index (κ3) is 11.7. The molecule has 0 unspecified atom stereocenters. The molecule has 0 bridgehead atoms. The van der Waals surface area contributed by atoms with Crippen LogP contribution >= 0.6 is 12.6 Å². The van der Waals surface area contributed by atoms with Gasteiger partial charge in [-0.25, -0.2) is 4.79 Å². The Bertz CT molecular complexity index is 670. The molecule has 0 aromatic heterocycles. The number of aliphatic imine (C=N–C) groups is 1. The highest BCUT2D eigenvalue weighted by atomic mass is 32.1. The Balaban J connectivity index is 4.89. The van der Waals surface area contributed by atoms with Crippen LogP contribution < -0.4 is 33.2 Å². The summed E-state index contributed by atoms with van der Waals surface area (Å²) in [6, 6.07) is -3.69. The van der Waals surface area contributed by atoms with Gasteiger partial charge in [-0.2, -0.15) is 12.6 Å². The van der Waals surface area contributed by atoms with Crippen LogP contribution in [0.15, 0.2) is 4.99 Å². The first-order chi connectivity index (χ1) is 14.0. The number of thiol groups is 1. The van der Waals surface area contributed by atoms with Crippen LogP contribution in [-0.2, 0) is 24.0 Å². The quantitative estimate of drug-likeness (QED) is 0.0536. The number of amides is 3. The van der Waals surface area contributed by atoms with E-state index in [2.05, 4.69) is 28.3 Å². The average molecular weight is 449 g/mol. The Hall–Kier alpha value is -3.07. The van der Waals surface area contributed by atoms with E-state index in [-0.39, 0.29) is 24.7 Å². The summed E-state index contributed by atoms with van der Waals surface area (Å²) in [6.45, 7) is -0.447. The molecular weight excluding hydrogens is 422 g/mol. The first-order valence-corrected chi connectivity index (χ1v) is 9.35. The van der Waals surface area contributed by atoms with Gasteiger partial charge in [-0.05, 0) is 12.8 Å². The first-order valence-electron chi connectivity index (χ1n) is 8.71. The number of carbonyl (C=O) groups excluding carboxylic acids is 3. The minimum atomic E-state index is -1.66. The van der Waals surface area contributed by atoms with Gasteiger partial charge in [0.1, 0.15) is 12.1 Å². The van der Waals surface area contributed by atoms with Crippen molar-refractivity contribution in [2.75, 3.05) is 18.8 Å². The second-order valence-electron chi connectivity index (χ2n) is 6.07. The van der Waals surface area contributed by atoms with E-state index in [1.807, 2.05) is 5.32 Å². The number of hydrogen-bond acceptors (Lipinski definition) is 8. The molecule has 11 N–H and O–H groups in total. The van der Waals surface area contributed by atoms with Crippen LogP contribution in [0.2, 0.25) is 0 Å². The molecule has 0 aliphatic heterocycles. The Morgan fingerprint density at radius 1 is 1.00 bits per heavy atom. The third-order valence-electron chi connectivity index (χ3n) is 3.55. The fourth-order valence-corrected chi connectivity index (χ4v) is 2.21. The van der Waals surface area contributed by atoms with E-state index in [1.165, 1.54) is 0 Å². The van der Waals surface area contributed by atoms with Crippen molar-refractivity contribution >= 4 is 48.2 Å². The van der Waals surface area contributed by atoms with Gasteiger partial charge in [0.25, 0.3) is 0 Å². The van der Waals surface area contributed by atoms with Gasteiger partial charge in [0.2, 0.25) is 17.7 Å². The van der Waals surface area contributed by atoms with Gasteiger partial charge in [-0.15, -0.1) is 0 Å². The van der Waals surface area contributed by atoms with Crippen LogP contribution in [0, 0.1) is 0 Å². The van der Waals surface area contributed by atoms with Gasteiger partial charge < -0.3 is 43.4 Å². The van der Waals surface area contributed by atoms with Crippen LogP contribution in [-0.4, -0.2) is 82.8 Å². The maximum Gasteiger partial charge on any atom is 0.326 e. The molecule has 0 aromatic rings. The number of nitrogens with two attached hydrogens (primary N) is 3. The molecule has 3 atom stereocenters. The fourth-order valence-electron chi connectivity index (χ4n) is 2.04. The molecule has 3 amide bonds. The van der Waals surface area contributed by atoms with E-state index in [0.717, 1.165) is 0 Å². The lowest BCUT2D eigenvalue weighted by molar-refractivity contribution is -0.147. The summed E-state index contributed by atoms with van der Waals surface area (Å²) in [5.41, 5.74) is 16.0. The summed E-state index contributed by atoms with van der Waals surface area (Å²) in [4.78, 5) is 61.5. The molecule has 0 saturated carbocycles. The number of carbonyl (C=O) groups is 5. The smallest absolute Gasteiger partial charge is 0.326 e. The summed E-state index contributed by atoms with van der Waals surface area (Å²) in [5.74, 6) is -5.35. The number of rotatable bonds is 14. The topological polar surface area (TPSA) is 252 Å². The Labute approximate surface area is 177 Å². The van der Waals surface area contributed by atoms with E-state index >= 15 is 0 Å². The van der Waals surface area contributed by atoms with E-state index in [1.54, 1.807) is 0 Å². The lowest BCUT2D eigenvalue weighted by atomic mass is 10.1. The Morgan fingerprint density at radius 2 is 1.63 bits per heavy atom. The molecule has 0 aliphatic rings. The second kappa shape index (κ2) is 14.0. The minimum absolute atomic E-state index is 0.0384. The fraction of sp³-hybridized carbons (Fsp3) is 0.600. The number of nitrogens with one attached hydrogen (secondary N) is 3. The Kier molecular flexibility index (Phi) is 12.6. The molecule has 0 heterocycles. The monoisotopic (exact) mass is 449 g/mol. The van der Waals surface area contributed by atoms with Gasteiger partial charge in [-0.1, -0.05) is 0 Å². The van der Waals surface area contributed by atoms with Crippen molar-refractivity contribution in [1.82, 2.24) is 16.0 Å². The lowest BCUT2D eigenvalue weighted by Gasteiger charge is -2.20. The maximum absolute atomic E-state index is 12.4. The molecule has 0 saturated heterocycles. The highest BCUT2D eigenvalue weighted by Crippen LogP contribution is 2.00. The van der Waals surface area contributed by atoms with Gasteiger partial charge >= 0.3 is 11.9 Å². The SMILES string of the molecule is NC(N)=NCCC[C@H](NC(=O)[C@@H](N)CS)C(=O)NCC(=O)N[C@@H](CC(=O)O)C(=O)O. The lowest BCUT2D eigenvalue weighted by Crippen LogP contribution is -2.54. The van der Waals surface area contributed by atoms with Crippen molar-refractivity contribution in [3.8, 4) is 0 Å². The van der Waals surface area contributed by atoms with Crippen molar-refractivity contribution in [1.29, 1.82) is 0 Å². The minimum Gasteiger partial charge on any atom is -0.481 e. The predicted octanol–water partition coefficient (Wildman–Crippen LogP) is -4.06. The highest BCUT2D eigenvalue weighted by Gasteiger charge is 2.25. The summed E-state index contributed by atoms with van der Waals surface area (Å²) >= 11 is 3.90. The summed E-state index contributed by atoms with van der Waals surface area (Å²) in [7, 11) is 0. The van der Waals surface area contributed by atoms with E-state index in [4.69, 9.17) is 27.4 Å². The highest BCUT2D eigenvalue weighted by molar-refractivity contribution is 7.80. The largest absolute Gasteiger partial charge is 0.481 e. The number of carboxylic acid groups (broad SMARTS) is 2. The molecule has 0 fully saturated rings. The number of guanidine groups is 1.